The summed E-state index contributed by atoms with van der Waals surface area (Å²) < 4.78 is 0. The molecule has 0 fully saturated rings. The summed E-state index contributed by atoms with van der Waals surface area (Å²) in [6, 6.07) is 14.3. The van der Waals surface area contributed by atoms with Crippen molar-refractivity contribution < 1.29 is 9.90 Å². The fraction of sp³-hybridized carbons (Fsp3) is 0. The Labute approximate surface area is 120 Å². The van der Waals surface area contributed by atoms with Crippen LogP contribution in [0.25, 0.3) is 10.9 Å². The van der Waals surface area contributed by atoms with Crippen LogP contribution in [0.1, 0.15) is 15.9 Å². The minimum Gasteiger partial charge on any atom is -0.508 e. The molecule has 3 rings (SSSR count). The van der Waals surface area contributed by atoms with Crippen LogP contribution in [0.15, 0.2) is 59.8 Å². The van der Waals surface area contributed by atoms with Gasteiger partial charge in [-0.2, -0.15) is 5.10 Å². The fourth-order valence-corrected chi connectivity index (χ4v) is 2.06. The molecule has 0 atom stereocenters. The Morgan fingerprint density at radius 2 is 2.00 bits per heavy atom. The van der Waals surface area contributed by atoms with Gasteiger partial charge in [-0.3, -0.25) is 4.79 Å². The van der Waals surface area contributed by atoms with Crippen LogP contribution in [-0.2, 0) is 0 Å². The van der Waals surface area contributed by atoms with Crippen LogP contribution >= 0.6 is 0 Å². The molecule has 21 heavy (non-hydrogen) atoms. The highest BCUT2D eigenvalue weighted by Gasteiger charge is 2.11. The molecule has 2 aromatic carbocycles. The third kappa shape index (κ3) is 2.76. The number of carbonyl (C=O) groups is 1. The minimum absolute atomic E-state index is 0.115. The Morgan fingerprint density at radius 1 is 1.19 bits per heavy atom. The van der Waals surface area contributed by atoms with Crippen LogP contribution in [0.4, 0.5) is 0 Å². The van der Waals surface area contributed by atoms with Crippen molar-refractivity contribution in [1.29, 1.82) is 0 Å². The number of amides is 1. The smallest absolute Gasteiger partial charge is 0.273 e. The minimum atomic E-state index is -0.334. The van der Waals surface area contributed by atoms with E-state index in [-0.39, 0.29) is 11.7 Å². The molecule has 1 heterocycles. The SMILES string of the molecule is O=C(NN=Cc1ccccc1)c1c[nH]c2ccc(O)cc12. The monoisotopic (exact) mass is 279 g/mol. The van der Waals surface area contributed by atoms with Gasteiger partial charge in [0.1, 0.15) is 5.75 Å². The maximum Gasteiger partial charge on any atom is 0.273 e. The Kier molecular flexibility index (Phi) is 3.39. The number of phenolic OH excluding ortho intramolecular Hbond substituents is 1. The van der Waals surface area contributed by atoms with Gasteiger partial charge < -0.3 is 10.1 Å². The summed E-state index contributed by atoms with van der Waals surface area (Å²) in [5, 5.41) is 14.1. The Hall–Kier alpha value is -3.08. The average Bonchev–Trinajstić information content (AvgIpc) is 2.91. The number of rotatable bonds is 3. The van der Waals surface area contributed by atoms with Crippen molar-refractivity contribution >= 4 is 23.0 Å². The summed E-state index contributed by atoms with van der Waals surface area (Å²) in [5.41, 5.74) is 4.59. The third-order valence-corrected chi connectivity index (χ3v) is 3.09. The Bertz CT molecular complexity index is 807. The van der Waals surface area contributed by atoms with Gasteiger partial charge >= 0.3 is 0 Å². The number of nitrogens with zero attached hydrogens (tertiary/aromatic N) is 1. The molecule has 0 bridgehead atoms. The molecule has 0 radical (unpaired) electrons. The number of H-pyrrole nitrogens is 1. The molecule has 5 nitrogen and oxygen atoms in total. The van der Waals surface area contributed by atoms with Gasteiger partial charge in [0.25, 0.3) is 5.91 Å². The Balaban J connectivity index is 1.78. The maximum atomic E-state index is 12.1. The first-order valence-electron chi connectivity index (χ1n) is 6.42. The van der Waals surface area contributed by atoms with E-state index in [1.165, 1.54) is 0 Å². The van der Waals surface area contributed by atoms with Crippen LogP contribution in [0, 0.1) is 0 Å². The number of aromatic nitrogens is 1. The fourth-order valence-electron chi connectivity index (χ4n) is 2.06. The van der Waals surface area contributed by atoms with E-state index in [0.717, 1.165) is 11.1 Å². The van der Waals surface area contributed by atoms with E-state index in [2.05, 4.69) is 15.5 Å². The van der Waals surface area contributed by atoms with Crippen LogP contribution in [0.3, 0.4) is 0 Å². The predicted octanol–water partition coefficient (Wildman–Crippen LogP) is 2.64. The molecule has 0 saturated heterocycles. The molecule has 0 saturated carbocycles. The van der Waals surface area contributed by atoms with Gasteiger partial charge in [0.05, 0.1) is 11.8 Å². The first-order valence-corrected chi connectivity index (χ1v) is 6.42. The van der Waals surface area contributed by atoms with Crippen molar-refractivity contribution in [2.75, 3.05) is 0 Å². The van der Waals surface area contributed by atoms with Gasteiger partial charge in [0, 0.05) is 17.1 Å². The highest BCUT2D eigenvalue weighted by atomic mass is 16.3. The molecular formula is C16H13N3O2. The number of nitrogens with one attached hydrogen (secondary N) is 2. The van der Waals surface area contributed by atoms with E-state index < -0.39 is 0 Å². The van der Waals surface area contributed by atoms with Crippen LogP contribution in [0.2, 0.25) is 0 Å². The number of fused-ring (bicyclic) bond motifs is 1. The summed E-state index contributed by atoms with van der Waals surface area (Å²) in [6.07, 6.45) is 3.17. The maximum absolute atomic E-state index is 12.1. The van der Waals surface area contributed by atoms with Crippen LogP contribution < -0.4 is 5.43 Å². The highest BCUT2D eigenvalue weighted by molar-refractivity contribution is 6.07. The lowest BCUT2D eigenvalue weighted by Crippen LogP contribution is -2.17. The number of hydrogen-bond donors (Lipinski definition) is 3. The molecule has 1 amide bonds. The molecule has 1 aromatic heterocycles. The van der Waals surface area contributed by atoms with E-state index in [1.54, 1.807) is 30.6 Å². The summed E-state index contributed by atoms with van der Waals surface area (Å²) in [7, 11) is 0. The van der Waals surface area contributed by atoms with Gasteiger partial charge in [-0.15, -0.1) is 0 Å². The molecule has 0 aliphatic heterocycles. The quantitative estimate of drug-likeness (QED) is 0.509. The second-order valence-electron chi connectivity index (χ2n) is 4.54. The van der Waals surface area contributed by atoms with Gasteiger partial charge in [0.2, 0.25) is 0 Å². The van der Waals surface area contributed by atoms with Gasteiger partial charge in [-0.25, -0.2) is 5.43 Å². The van der Waals surface area contributed by atoms with E-state index in [1.807, 2.05) is 30.3 Å². The van der Waals surface area contributed by atoms with E-state index in [9.17, 15) is 9.90 Å². The summed E-state index contributed by atoms with van der Waals surface area (Å²) in [4.78, 5) is 15.1. The van der Waals surface area contributed by atoms with Crippen molar-refractivity contribution in [3.63, 3.8) is 0 Å². The number of benzene rings is 2. The topological polar surface area (TPSA) is 77.5 Å². The lowest BCUT2D eigenvalue weighted by atomic mass is 10.1. The number of carbonyl (C=O) groups excluding carboxylic acids is 1. The zero-order valence-corrected chi connectivity index (χ0v) is 11.1. The lowest BCUT2D eigenvalue weighted by Gasteiger charge is -1.99. The summed E-state index contributed by atoms with van der Waals surface area (Å²) in [5.74, 6) is -0.219. The summed E-state index contributed by atoms with van der Waals surface area (Å²) >= 11 is 0. The molecule has 3 N–H and O–H groups in total. The molecule has 0 unspecified atom stereocenters. The largest absolute Gasteiger partial charge is 0.508 e. The molecule has 0 aliphatic rings. The molecule has 3 aromatic rings. The normalized spacial score (nSPS) is 11.0. The Morgan fingerprint density at radius 3 is 2.81 bits per heavy atom. The number of phenols is 1. The van der Waals surface area contributed by atoms with Crippen molar-refractivity contribution in [2.45, 2.75) is 0 Å². The van der Waals surface area contributed by atoms with Crippen LogP contribution in [-0.4, -0.2) is 22.2 Å². The molecule has 104 valence electrons. The number of aromatic hydroxyl groups is 1. The van der Waals surface area contributed by atoms with E-state index >= 15 is 0 Å². The van der Waals surface area contributed by atoms with Gasteiger partial charge in [-0.1, -0.05) is 30.3 Å². The molecule has 5 heteroatoms. The van der Waals surface area contributed by atoms with Crippen molar-refractivity contribution in [3.8, 4) is 5.75 Å². The zero-order chi connectivity index (χ0) is 14.7. The third-order valence-electron chi connectivity index (χ3n) is 3.09. The first-order chi connectivity index (χ1) is 10.2. The van der Waals surface area contributed by atoms with Gasteiger partial charge in [-0.05, 0) is 23.8 Å². The second-order valence-corrected chi connectivity index (χ2v) is 4.54. The zero-order valence-electron chi connectivity index (χ0n) is 11.1. The predicted molar refractivity (Wildman–Crippen MR) is 81.5 cm³/mol. The highest BCUT2D eigenvalue weighted by Crippen LogP contribution is 2.22. The lowest BCUT2D eigenvalue weighted by molar-refractivity contribution is 0.0957. The second kappa shape index (κ2) is 5.50. The van der Waals surface area contributed by atoms with Gasteiger partial charge in [0.15, 0.2) is 0 Å². The summed E-state index contributed by atoms with van der Waals surface area (Å²) in [6.45, 7) is 0. The average molecular weight is 279 g/mol. The van der Waals surface area contributed by atoms with Crippen molar-refractivity contribution in [2.24, 2.45) is 5.10 Å². The van der Waals surface area contributed by atoms with E-state index in [0.29, 0.717) is 10.9 Å². The standard InChI is InChI=1S/C16H13N3O2/c20-12-6-7-15-13(8-12)14(10-17-15)16(21)19-18-9-11-4-2-1-3-5-11/h1-10,17,20H,(H,19,21). The molecule has 0 aliphatic carbocycles. The van der Waals surface area contributed by atoms with Crippen LogP contribution in [0.5, 0.6) is 5.75 Å². The van der Waals surface area contributed by atoms with E-state index in [4.69, 9.17) is 0 Å². The first kappa shape index (κ1) is 12.9. The molecule has 0 spiro atoms. The number of aromatic amines is 1. The number of hydrogen-bond acceptors (Lipinski definition) is 3. The molecular weight excluding hydrogens is 266 g/mol. The van der Waals surface area contributed by atoms with Crippen molar-refractivity contribution in [3.05, 3.63) is 65.9 Å². The number of hydrazone groups is 1. The van der Waals surface area contributed by atoms with Crippen molar-refractivity contribution in [1.82, 2.24) is 10.4 Å².